The van der Waals surface area contributed by atoms with Crippen LogP contribution < -0.4 is 15.8 Å². The smallest absolute Gasteiger partial charge is 0.275 e. The average molecular weight is 278 g/mol. The number of ether oxygens (including phenoxy) is 1. The van der Waals surface area contributed by atoms with Crippen LogP contribution in [0.3, 0.4) is 0 Å². The highest BCUT2D eigenvalue weighted by atomic mass is 19.1. The molecule has 0 spiro atoms. The fraction of sp³-hybridized carbons (Fsp3) is 0.231. The third-order valence-electron chi connectivity index (χ3n) is 2.66. The molecule has 0 unspecified atom stereocenters. The van der Waals surface area contributed by atoms with Crippen LogP contribution in [0, 0.1) is 5.82 Å². The Morgan fingerprint density at radius 3 is 3.05 bits per heavy atom. The summed E-state index contributed by atoms with van der Waals surface area (Å²) < 4.78 is 19.8. The largest absolute Gasteiger partial charge is 0.494 e. The molecule has 0 aliphatic carbocycles. The van der Waals surface area contributed by atoms with E-state index >= 15 is 0 Å². The number of hydrogen-bond acceptors (Lipinski definition) is 4. The maximum atomic E-state index is 13.1. The highest BCUT2D eigenvalue weighted by molar-refractivity contribution is 6.03. The summed E-state index contributed by atoms with van der Waals surface area (Å²) in [7, 11) is 1.40. The molecule has 7 heteroatoms. The maximum absolute atomic E-state index is 13.1. The number of amides is 1. The zero-order valence-electron chi connectivity index (χ0n) is 11.0. The van der Waals surface area contributed by atoms with E-state index < -0.39 is 11.7 Å². The van der Waals surface area contributed by atoms with Gasteiger partial charge in [0.1, 0.15) is 17.3 Å². The Kier molecular flexibility index (Phi) is 4.31. The van der Waals surface area contributed by atoms with Crippen molar-refractivity contribution in [1.29, 1.82) is 0 Å². The van der Waals surface area contributed by atoms with Crippen molar-refractivity contribution in [2.24, 2.45) is 5.73 Å². The Morgan fingerprint density at radius 1 is 1.55 bits per heavy atom. The molecule has 0 saturated carbocycles. The molecule has 1 amide bonds. The number of carbonyl (C=O) groups is 1. The van der Waals surface area contributed by atoms with Gasteiger partial charge in [-0.3, -0.25) is 4.79 Å². The second-order valence-corrected chi connectivity index (χ2v) is 4.08. The summed E-state index contributed by atoms with van der Waals surface area (Å²) in [6.07, 6.45) is 3.13. The molecule has 0 radical (unpaired) electrons. The van der Waals surface area contributed by atoms with Crippen molar-refractivity contribution in [3.63, 3.8) is 0 Å². The van der Waals surface area contributed by atoms with Crippen LogP contribution in [0.5, 0.6) is 5.75 Å². The number of anilines is 1. The van der Waals surface area contributed by atoms with E-state index in [1.165, 1.54) is 31.6 Å². The van der Waals surface area contributed by atoms with Crippen LogP contribution in [0.25, 0.3) is 0 Å². The highest BCUT2D eigenvalue weighted by Gasteiger charge is 2.12. The second kappa shape index (κ2) is 6.16. The van der Waals surface area contributed by atoms with Crippen molar-refractivity contribution in [1.82, 2.24) is 9.55 Å². The van der Waals surface area contributed by atoms with Gasteiger partial charge in [0.25, 0.3) is 5.91 Å². The molecule has 1 aromatic carbocycles. The van der Waals surface area contributed by atoms with Crippen LogP contribution >= 0.6 is 0 Å². The van der Waals surface area contributed by atoms with Crippen molar-refractivity contribution >= 4 is 11.6 Å². The molecule has 0 aliphatic rings. The third-order valence-corrected chi connectivity index (χ3v) is 2.66. The molecule has 3 N–H and O–H groups in total. The zero-order valence-corrected chi connectivity index (χ0v) is 11.0. The molecule has 6 nitrogen and oxygen atoms in total. The Hall–Kier alpha value is -2.41. The lowest BCUT2D eigenvalue weighted by atomic mass is 10.2. The highest BCUT2D eigenvalue weighted by Crippen LogP contribution is 2.25. The standard InChI is InChI=1S/C13H15FN4O2/c1-20-12-6-9(14)2-3-10(12)17-13(19)11-7-18(5-4-15)8-16-11/h2-3,6-8H,4-5,15H2,1H3,(H,17,19). The van der Waals surface area contributed by atoms with Gasteiger partial charge in [0.2, 0.25) is 0 Å². The fourth-order valence-electron chi connectivity index (χ4n) is 1.70. The Balaban J connectivity index is 2.14. The molecule has 0 bridgehead atoms. The summed E-state index contributed by atoms with van der Waals surface area (Å²) in [5.41, 5.74) is 6.06. The number of nitrogens with zero attached hydrogens (tertiary/aromatic N) is 2. The minimum absolute atomic E-state index is 0.250. The number of aromatic nitrogens is 2. The van der Waals surface area contributed by atoms with Crippen LogP contribution in [0.2, 0.25) is 0 Å². The summed E-state index contributed by atoms with van der Waals surface area (Å²) in [5, 5.41) is 2.62. The van der Waals surface area contributed by atoms with E-state index in [0.29, 0.717) is 18.8 Å². The van der Waals surface area contributed by atoms with Gasteiger partial charge in [-0.2, -0.15) is 0 Å². The first kappa shape index (κ1) is 14.0. The Labute approximate surface area is 115 Å². The molecule has 20 heavy (non-hydrogen) atoms. The zero-order chi connectivity index (χ0) is 14.5. The molecular weight excluding hydrogens is 263 g/mol. The van der Waals surface area contributed by atoms with E-state index in [1.807, 2.05) is 0 Å². The van der Waals surface area contributed by atoms with E-state index in [-0.39, 0.29) is 11.4 Å². The number of halogens is 1. The van der Waals surface area contributed by atoms with Crippen LogP contribution in [-0.2, 0) is 6.54 Å². The van der Waals surface area contributed by atoms with Gasteiger partial charge < -0.3 is 20.4 Å². The van der Waals surface area contributed by atoms with Gasteiger partial charge >= 0.3 is 0 Å². The number of nitrogens with two attached hydrogens (primary N) is 1. The molecule has 106 valence electrons. The Bertz CT molecular complexity index is 612. The summed E-state index contributed by atoms with van der Waals surface area (Å²) >= 11 is 0. The van der Waals surface area contributed by atoms with E-state index in [1.54, 1.807) is 10.8 Å². The predicted molar refractivity (Wildman–Crippen MR) is 72.2 cm³/mol. The number of rotatable bonds is 5. The topological polar surface area (TPSA) is 82.2 Å². The first-order valence-corrected chi connectivity index (χ1v) is 6.00. The van der Waals surface area contributed by atoms with Crippen molar-refractivity contribution in [2.75, 3.05) is 19.0 Å². The van der Waals surface area contributed by atoms with Crippen LogP contribution in [0.4, 0.5) is 10.1 Å². The molecule has 1 aromatic heterocycles. The van der Waals surface area contributed by atoms with E-state index in [9.17, 15) is 9.18 Å². The number of carbonyl (C=O) groups excluding carboxylic acids is 1. The lowest BCUT2D eigenvalue weighted by Gasteiger charge is -2.09. The number of hydrogen-bond donors (Lipinski definition) is 2. The molecule has 0 atom stereocenters. The van der Waals surface area contributed by atoms with E-state index in [2.05, 4.69) is 10.3 Å². The molecule has 0 aliphatic heterocycles. The molecule has 2 aromatic rings. The minimum atomic E-state index is -0.438. The summed E-state index contributed by atoms with van der Waals surface area (Å²) in [6, 6.07) is 3.87. The first-order valence-electron chi connectivity index (χ1n) is 6.00. The fourth-order valence-corrected chi connectivity index (χ4v) is 1.70. The molecule has 1 heterocycles. The number of benzene rings is 1. The van der Waals surface area contributed by atoms with E-state index in [4.69, 9.17) is 10.5 Å². The Morgan fingerprint density at radius 2 is 2.35 bits per heavy atom. The van der Waals surface area contributed by atoms with Crippen LogP contribution in [-0.4, -0.2) is 29.1 Å². The molecule has 0 saturated heterocycles. The third kappa shape index (κ3) is 3.12. The van der Waals surface area contributed by atoms with Crippen molar-refractivity contribution < 1.29 is 13.9 Å². The number of methoxy groups -OCH3 is 1. The lowest BCUT2D eigenvalue weighted by Crippen LogP contribution is -2.13. The normalized spacial score (nSPS) is 10.3. The summed E-state index contributed by atoms with van der Waals surface area (Å²) in [4.78, 5) is 16.0. The van der Waals surface area contributed by atoms with Gasteiger partial charge in [0.05, 0.1) is 19.1 Å². The van der Waals surface area contributed by atoms with Crippen molar-refractivity contribution in [2.45, 2.75) is 6.54 Å². The average Bonchev–Trinajstić information content (AvgIpc) is 2.90. The van der Waals surface area contributed by atoms with Gasteiger partial charge in [0, 0.05) is 25.4 Å². The quantitative estimate of drug-likeness (QED) is 0.862. The van der Waals surface area contributed by atoms with Gasteiger partial charge in [-0.05, 0) is 12.1 Å². The summed E-state index contributed by atoms with van der Waals surface area (Å²) in [6.45, 7) is 1.04. The van der Waals surface area contributed by atoms with Gasteiger partial charge in [-0.25, -0.2) is 9.37 Å². The van der Waals surface area contributed by atoms with E-state index in [0.717, 1.165) is 0 Å². The summed E-state index contributed by atoms with van der Waals surface area (Å²) in [5.74, 6) is -0.586. The SMILES string of the molecule is COc1cc(F)ccc1NC(=O)c1cn(CCN)cn1. The van der Waals surface area contributed by atoms with Gasteiger partial charge in [0.15, 0.2) is 0 Å². The van der Waals surface area contributed by atoms with Crippen molar-refractivity contribution in [3.8, 4) is 5.75 Å². The second-order valence-electron chi connectivity index (χ2n) is 4.08. The van der Waals surface area contributed by atoms with Gasteiger partial charge in [-0.1, -0.05) is 0 Å². The number of nitrogens with one attached hydrogen (secondary N) is 1. The van der Waals surface area contributed by atoms with Crippen molar-refractivity contribution in [3.05, 3.63) is 42.2 Å². The van der Waals surface area contributed by atoms with Crippen LogP contribution in [0.15, 0.2) is 30.7 Å². The molecule has 2 rings (SSSR count). The number of imidazole rings is 1. The molecular formula is C13H15FN4O2. The monoisotopic (exact) mass is 278 g/mol. The molecule has 0 fully saturated rings. The first-order chi connectivity index (χ1) is 9.63. The minimum Gasteiger partial charge on any atom is -0.494 e. The lowest BCUT2D eigenvalue weighted by molar-refractivity contribution is 0.102. The van der Waals surface area contributed by atoms with Crippen LogP contribution in [0.1, 0.15) is 10.5 Å². The predicted octanol–water partition coefficient (Wildman–Crippen LogP) is 1.24. The van der Waals surface area contributed by atoms with Gasteiger partial charge in [-0.15, -0.1) is 0 Å². The maximum Gasteiger partial charge on any atom is 0.275 e.